The van der Waals surface area contributed by atoms with E-state index in [1.807, 2.05) is 25.1 Å². The number of carbonyl (C=O) groups excluding carboxylic acids is 1. The van der Waals surface area contributed by atoms with Crippen molar-refractivity contribution in [2.24, 2.45) is 5.10 Å². The second-order valence-electron chi connectivity index (χ2n) is 5.81. The molecule has 0 aliphatic carbocycles. The molecular weight excluding hydrogens is 366 g/mol. The topological polar surface area (TPSA) is 88.1 Å². The summed E-state index contributed by atoms with van der Waals surface area (Å²) in [4.78, 5) is 12.1. The van der Waals surface area contributed by atoms with Gasteiger partial charge in [-0.2, -0.15) is 9.41 Å². The van der Waals surface area contributed by atoms with Gasteiger partial charge in [0.2, 0.25) is 10.0 Å². The van der Waals surface area contributed by atoms with Crippen LogP contribution < -0.4 is 10.2 Å². The Labute approximate surface area is 159 Å². The monoisotopic (exact) mass is 389 g/mol. The molecule has 1 amide bonds. The van der Waals surface area contributed by atoms with Crippen LogP contribution in [0.3, 0.4) is 0 Å². The minimum absolute atomic E-state index is 0.121. The van der Waals surface area contributed by atoms with Crippen molar-refractivity contribution < 1.29 is 17.9 Å². The summed E-state index contributed by atoms with van der Waals surface area (Å²) in [6.07, 6.45) is 2.56. The summed E-state index contributed by atoms with van der Waals surface area (Å²) in [7, 11) is -3.54. The van der Waals surface area contributed by atoms with E-state index in [0.29, 0.717) is 6.61 Å². The minimum atomic E-state index is -3.54. The first-order valence-electron chi connectivity index (χ1n) is 8.42. The van der Waals surface area contributed by atoms with Gasteiger partial charge in [0.25, 0.3) is 5.91 Å². The van der Waals surface area contributed by atoms with Crippen molar-refractivity contribution in [3.63, 3.8) is 0 Å². The van der Waals surface area contributed by atoms with Crippen LogP contribution in [0.2, 0.25) is 0 Å². The molecule has 0 unspecified atom stereocenters. The van der Waals surface area contributed by atoms with Crippen LogP contribution in [0.15, 0.2) is 59.7 Å². The standard InChI is InChI=1S/C19H23N3O4S/c1-3-26-18-11-9-16(10-12-18)13-20-21-19(23)15-22(27(2,24)25)14-17-7-5-4-6-8-17/h4-13H,3,14-15H2,1-2H3,(H,21,23)/b20-13-. The van der Waals surface area contributed by atoms with Gasteiger partial charge in [-0.05, 0) is 42.3 Å². The SMILES string of the molecule is CCOc1ccc(/C=N\NC(=O)CN(Cc2ccccc2)S(C)(=O)=O)cc1. The van der Waals surface area contributed by atoms with Gasteiger partial charge >= 0.3 is 0 Å². The zero-order valence-electron chi connectivity index (χ0n) is 15.3. The maximum atomic E-state index is 12.1. The van der Waals surface area contributed by atoms with Crippen LogP contribution in [0.1, 0.15) is 18.1 Å². The molecule has 27 heavy (non-hydrogen) atoms. The largest absolute Gasteiger partial charge is 0.494 e. The van der Waals surface area contributed by atoms with Crippen molar-refractivity contribution in [3.8, 4) is 5.75 Å². The van der Waals surface area contributed by atoms with E-state index >= 15 is 0 Å². The van der Waals surface area contributed by atoms with Crippen LogP contribution in [-0.2, 0) is 21.4 Å². The number of rotatable bonds is 9. The van der Waals surface area contributed by atoms with Gasteiger partial charge in [-0.25, -0.2) is 13.8 Å². The van der Waals surface area contributed by atoms with Gasteiger partial charge in [0.1, 0.15) is 5.75 Å². The minimum Gasteiger partial charge on any atom is -0.494 e. The number of ether oxygens (including phenoxy) is 1. The molecule has 0 heterocycles. The summed E-state index contributed by atoms with van der Waals surface area (Å²) < 4.78 is 30.3. The van der Waals surface area contributed by atoms with Gasteiger partial charge < -0.3 is 4.74 Å². The third kappa shape index (κ3) is 7.20. The molecule has 0 bridgehead atoms. The zero-order chi connectivity index (χ0) is 19.7. The maximum Gasteiger partial charge on any atom is 0.255 e. The van der Waals surface area contributed by atoms with Gasteiger partial charge in [0.05, 0.1) is 25.6 Å². The quantitative estimate of drug-likeness (QED) is 0.525. The van der Waals surface area contributed by atoms with Gasteiger partial charge in [-0.3, -0.25) is 4.79 Å². The van der Waals surface area contributed by atoms with Crippen molar-refractivity contribution >= 4 is 22.1 Å². The van der Waals surface area contributed by atoms with E-state index in [1.165, 1.54) is 6.21 Å². The number of sulfonamides is 1. The lowest BCUT2D eigenvalue weighted by atomic mass is 10.2. The molecule has 7 nitrogen and oxygen atoms in total. The van der Waals surface area contributed by atoms with Crippen molar-refractivity contribution in [2.75, 3.05) is 19.4 Å². The second-order valence-corrected chi connectivity index (χ2v) is 7.79. The molecule has 0 atom stereocenters. The second kappa shape index (κ2) is 9.84. The Kier molecular flexibility index (Phi) is 7.51. The van der Waals surface area contributed by atoms with Crippen molar-refractivity contribution in [3.05, 3.63) is 65.7 Å². The third-order valence-electron chi connectivity index (χ3n) is 3.58. The van der Waals surface area contributed by atoms with Crippen LogP contribution >= 0.6 is 0 Å². The molecule has 0 aliphatic heterocycles. The summed E-state index contributed by atoms with van der Waals surface area (Å²) in [5.41, 5.74) is 3.93. The lowest BCUT2D eigenvalue weighted by molar-refractivity contribution is -0.121. The molecule has 0 aromatic heterocycles. The molecule has 144 valence electrons. The highest BCUT2D eigenvalue weighted by molar-refractivity contribution is 7.88. The molecule has 1 N–H and O–H groups in total. The molecular formula is C19H23N3O4S. The first kappa shape index (κ1) is 20.6. The van der Waals surface area contributed by atoms with Crippen molar-refractivity contribution in [1.29, 1.82) is 0 Å². The van der Waals surface area contributed by atoms with E-state index in [1.54, 1.807) is 36.4 Å². The Hall–Kier alpha value is -2.71. The average Bonchev–Trinajstić information content (AvgIpc) is 2.63. The highest BCUT2D eigenvalue weighted by Crippen LogP contribution is 2.11. The number of amides is 1. The summed E-state index contributed by atoms with van der Waals surface area (Å²) in [5, 5.41) is 3.87. The van der Waals surface area contributed by atoms with Crippen molar-refractivity contribution in [1.82, 2.24) is 9.73 Å². The zero-order valence-corrected chi connectivity index (χ0v) is 16.1. The number of hydrogen-bond donors (Lipinski definition) is 1. The van der Waals surface area contributed by atoms with E-state index in [4.69, 9.17) is 4.74 Å². The number of hydrogen-bond acceptors (Lipinski definition) is 5. The van der Waals surface area contributed by atoms with E-state index in [2.05, 4.69) is 10.5 Å². The number of benzene rings is 2. The van der Waals surface area contributed by atoms with Crippen LogP contribution in [0.25, 0.3) is 0 Å². The summed E-state index contributed by atoms with van der Waals surface area (Å²) in [6.45, 7) is 2.30. The fourth-order valence-corrected chi connectivity index (χ4v) is 3.00. The Balaban J connectivity index is 1.93. The number of hydrazone groups is 1. The summed E-state index contributed by atoms with van der Waals surface area (Å²) >= 11 is 0. The summed E-state index contributed by atoms with van der Waals surface area (Å²) in [5.74, 6) is 0.238. The van der Waals surface area contributed by atoms with E-state index < -0.39 is 15.9 Å². The first-order chi connectivity index (χ1) is 12.9. The molecule has 2 aromatic carbocycles. The molecule has 2 rings (SSSR count). The highest BCUT2D eigenvalue weighted by Gasteiger charge is 2.20. The Morgan fingerprint density at radius 3 is 2.41 bits per heavy atom. The molecule has 0 saturated carbocycles. The van der Waals surface area contributed by atoms with Gasteiger partial charge in [-0.1, -0.05) is 30.3 Å². The van der Waals surface area contributed by atoms with Crippen LogP contribution in [0, 0.1) is 0 Å². The van der Waals surface area contributed by atoms with Gasteiger partial charge in [0.15, 0.2) is 0 Å². The fourth-order valence-electron chi connectivity index (χ4n) is 2.27. The van der Waals surface area contributed by atoms with E-state index in [0.717, 1.165) is 27.4 Å². The third-order valence-corrected chi connectivity index (χ3v) is 4.78. The molecule has 0 fully saturated rings. The molecule has 0 spiro atoms. The highest BCUT2D eigenvalue weighted by atomic mass is 32.2. The number of carbonyl (C=O) groups is 1. The van der Waals surface area contributed by atoms with Gasteiger partial charge in [-0.15, -0.1) is 0 Å². The smallest absolute Gasteiger partial charge is 0.255 e. The number of nitrogens with zero attached hydrogens (tertiary/aromatic N) is 2. The Morgan fingerprint density at radius 2 is 1.81 bits per heavy atom. The maximum absolute atomic E-state index is 12.1. The predicted molar refractivity (Wildman–Crippen MR) is 105 cm³/mol. The van der Waals surface area contributed by atoms with Crippen LogP contribution in [0.4, 0.5) is 0 Å². The molecule has 0 radical (unpaired) electrons. The number of nitrogens with one attached hydrogen (secondary N) is 1. The van der Waals surface area contributed by atoms with Crippen LogP contribution in [0.5, 0.6) is 5.75 Å². The first-order valence-corrected chi connectivity index (χ1v) is 10.3. The molecule has 2 aromatic rings. The lowest BCUT2D eigenvalue weighted by Gasteiger charge is -2.18. The average molecular weight is 389 g/mol. The molecule has 0 aliphatic rings. The predicted octanol–water partition coefficient (Wildman–Crippen LogP) is 2.00. The Morgan fingerprint density at radius 1 is 1.15 bits per heavy atom. The molecule has 8 heteroatoms. The van der Waals surface area contributed by atoms with E-state index in [9.17, 15) is 13.2 Å². The lowest BCUT2D eigenvalue weighted by Crippen LogP contribution is -2.38. The van der Waals surface area contributed by atoms with Gasteiger partial charge in [0, 0.05) is 6.54 Å². The van der Waals surface area contributed by atoms with Crippen molar-refractivity contribution in [2.45, 2.75) is 13.5 Å². The normalized spacial score (nSPS) is 11.7. The Bertz CT molecular complexity index is 866. The van der Waals surface area contributed by atoms with E-state index in [-0.39, 0.29) is 13.1 Å². The summed E-state index contributed by atoms with van der Waals surface area (Å²) in [6, 6.07) is 16.3. The molecule has 0 saturated heterocycles. The fraction of sp³-hybridized carbons (Fsp3) is 0.263. The van der Waals surface area contributed by atoms with Crippen LogP contribution in [-0.4, -0.2) is 44.3 Å².